The van der Waals surface area contributed by atoms with Crippen molar-refractivity contribution in [2.45, 2.75) is 26.7 Å². The minimum Gasteiger partial charge on any atom is -0.350 e. The number of H-pyrrole nitrogens is 1. The molecule has 2 N–H and O–H groups in total. The second-order valence-corrected chi connectivity index (χ2v) is 6.70. The van der Waals surface area contributed by atoms with Crippen LogP contribution in [0.5, 0.6) is 0 Å². The molecular formula is C20H20ClN3O. The van der Waals surface area contributed by atoms with Crippen LogP contribution in [0.15, 0.2) is 53.6 Å². The van der Waals surface area contributed by atoms with Gasteiger partial charge in [0, 0.05) is 15.9 Å². The van der Waals surface area contributed by atoms with Crippen LogP contribution in [0.25, 0.3) is 10.9 Å². The van der Waals surface area contributed by atoms with Gasteiger partial charge in [0.05, 0.1) is 5.71 Å². The molecule has 0 bridgehead atoms. The summed E-state index contributed by atoms with van der Waals surface area (Å²) >= 11 is 5.90. The van der Waals surface area contributed by atoms with Gasteiger partial charge in [-0.2, -0.15) is 5.10 Å². The first kappa shape index (κ1) is 17.2. The van der Waals surface area contributed by atoms with Gasteiger partial charge >= 0.3 is 0 Å². The van der Waals surface area contributed by atoms with Crippen LogP contribution in [0.3, 0.4) is 0 Å². The summed E-state index contributed by atoms with van der Waals surface area (Å²) in [7, 11) is 0. The third-order valence-electron chi connectivity index (χ3n) is 4.14. The number of carbonyl (C=O) groups excluding carboxylic acids is 1. The van der Waals surface area contributed by atoms with E-state index in [1.54, 1.807) is 12.1 Å². The summed E-state index contributed by atoms with van der Waals surface area (Å²) in [6, 6.07) is 15.3. The van der Waals surface area contributed by atoms with Gasteiger partial charge in [-0.3, -0.25) is 4.79 Å². The van der Waals surface area contributed by atoms with Crippen molar-refractivity contribution in [2.75, 3.05) is 0 Å². The number of nitrogens with zero attached hydrogens (tertiary/aromatic N) is 1. The molecule has 5 heteroatoms. The molecule has 3 rings (SSSR count). The Morgan fingerprint density at radius 1 is 1.12 bits per heavy atom. The largest absolute Gasteiger partial charge is 0.350 e. The molecule has 4 nitrogen and oxygen atoms in total. The van der Waals surface area contributed by atoms with Gasteiger partial charge in [0.2, 0.25) is 0 Å². The van der Waals surface area contributed by atoms with E-state index >= 15 is 0 Å². The van der Waals surface area contributed by atoms with Gasteiger partial charge in [-0.05, 0) is 42.2 Å². The molecule has 0 saturated carbocycles. The number of hydrogen-bond donors (Lipinski definition) is 2. The Bertz CT molecular complexity index is 939. The Hall–Kier alpha value is -2.59. The number of rotatable bonds is 4. The highest BCUT2D eigenvalue weighted by Crippen LogP contribution is 2.29. The van der Waals surface area contributed by atoms with Crippen LogP contribution >= 0.6 is 11.6 Å². The van der Waals surface area contributed by atoms with E-state index < -0.39 is 0 Å². The number of fused-ring (bicyclic) bond motifs is 1. The number of halogens is 1. The molecule has 0 aliphatic heterocycles. The van der Waals surface area contributed by atoms with Crippen molar-refractivity contribution < 1.29 is 4.79 Å². The summed E-state index contributed by atoms with van der Waals surface area (Å²) in [5, 5.41) is 5.96. The van der Waals surface area contributed by atoms with E-state index in [9.17, 15) is 4.79 Å². The summed E-state index contributed by atoms with van der Waals surface area (Å²) < 4.78 is 0. The fourth-order valence-corrected chi connectivity index (χ4v) is 3.01. The fraction of sp³-hybridized carbons (Fsp3) is 0.200. The Labute approximate surface area is 151 Å². The van der Waals surface area contributed by atoms with E-state index in [-0.39, 0.29) is 11.8 Å². The highest BCUT2D eigenvalue weighted by atomic mass is 35.5. The number of aromatic nitrogens is 1. The topological polar surface area (TPSA) is 57.2 Å². The predicted octanol–water partition coefficient (Wildman–Crippen LogP) is 5.10. The van der Waals surface area contributed by atoms with Crippen molar-refractivity contribution in [1.82, 2.24) is 10.4 Å². The standard InChI is InChI=1S/C20H20ClN3O/c1-12(2)18-16-6-4-5-7-17(16)22-19(18)20(25)24-23-13(3)14-8-10-15(21)11-9-14/h4-12,22H,1-3H3,(H,24,25)/b23-13+. The van der Waals surface area contributed by atoms with Crippen LogP contribution < -0.4 is 5.43 Å². The highest BCUT2D eigenvalue weighted by Gasteiger charge is 2.19. The summed E-state index contributed by atoms with van der Waals surface area (Å²) in [4.78, 5) is 15.9. The minimum absolute atomic E-state index is 0.221. The van der Waals surface area contributed by atoms with Crippen LogP contribution in [0.4, 0.5) is 0 Å². The van der Waals surface area contributed by atoms with Crippen LogP contribution in [0, 0.1) is 0 Å². The molecule has 2 aromatic carbocycles. The zero-order chi connectivity index (χ0) is 18.0. The first-order valence-electron chi connectivity index (χ1n) is 8.18. The lowest BCUT2D eigenvalue weighted by Gasteiger charge is -2.08. The van der Waals surface area contributed by atoms with E-state index in [2.05, 4.69) is 29.4 Å². The zero-order valence-electron chi connectivity index (χ0n) is 14.4. The minimum atomic E-state index is -0.242. The average Bonchev–Trinajstić information content (AvgIpc) is 2.99. The van der Waals surface area contributed by atoms with E-state index in [1.807, 2.05) is 43.3 Å². The maximum Gasteiger partial charge on any atom is 0.288 e. The quantitative estimate of drug-likeness (QED) is 0.497. The summed E-state index contributed by atoms with van der Waals surface area (Å²) in [6.07, 6.45) is 0. The number of hydrazone groups is 1. The Morgan fingerprint density at radius 2 is 1.80 bits per heavy atom. The van der Waals surface area contributed by atoms with Gasteiger partial charge in [0.15, 0.2) is 0 Å². The zero-order valence-corrected chi connectivity index (χ0v) is 15.2. The molecule has 1 aromatic heterocycles. The van der Waals surface area contributed by atoms with Crippen LogP contribution in [0.1, 0.15) is 48.3 Å². The van der Waals surface area contributed by atoms with Crippen LogP contribution in [0.2, 0.25) is 5.02 Å². The van der Waals surface area contributed by atoms with Crippen LogP contribution in [-0.4, -0.2) is 16.6 Å². The van der Waals surface area contributed by atoms with Crippen molar-refractivity contribution in [2.24, 2.45) is 5.10 Å². The highest BCUT2D eigenvalue weighted by molar-refractivity contribution is 6.30. The molecule has 0 fully saturated rings. The average molecular weight is 354 g/mol. The molecule has 0 aliphatic carbocycles. The Kier molecular flexibility index (Phi) is 4.91. The molecule has 25 heavy (non-hydrogen) atoms. The van der Waals surface area contributed by atoms with Gasteiger partial charge in [0.1, 0.15) is 5.69 Å². The lowest BCUT2D eigenvalue weighted by atomic mass is 9.99. The molecular weight excluding hydrogens is 334 g/mol. The predicted molar refractivity (Wildman–Crippen MR) is 104 cm³/mol. The molecule has 0 atom stereocenters. The molecule has 0 spiro atoms. The number of aromatic amines is 1. The molecule has 128 valence electrons. The van der Waals surface area contributed by atoms with Gasteiger partial charge in [-0.15, -0.1) is 0 Å². The monoisotopic (exact) mass is 353 g/mol. The van der Waals surface area contributed by atoms with Crippen molar-refractivity contribution in [3.63, 3.8) is 0 Å². The third-order valence-corrected chi connectivity index (χ3v) is 4.39. The van der Waals surface area contributed by atoms with Crippen LogP contribution in [-0.2, 0) is 0 Å². The summed E-state index contributed by atoms with van der Waals surface area (Å²) in [6.45, 7) is 6.00. The van der Waals surface area contributed by atoms with Gasteiger partial charge in [0.25, 0.3) is 5.91 Å². The molecule has 1 amide bonds. The maximum absolute atomic E-state index is 12.7. The SMILES string of the molecule is C/C(=N\NC(=O)c1[nH]c2ccccc2c1C(C)C)c1ccc(Cl)cc1. The third kappa shape index (κ3) is 3.59. The van der Waals surface area contributed by atoms with E-state index in [1.165, 1.54) is 0 Å². The number of para-hydroxylation sites is 1. The second-order valence-electron chi connectivity index (χ2n) is 6.26. The van der Waals surface area contributed by atoms with E-state index in [4.69, 9.17) is 11.6 Å². The van der Waals surface area contributed by atoms with E-state index in [0.717, 1.165) is 22.0 Å². The van der Waals surface area contributed by atoms with Crippen molar-refractivity contribution >= 4 is 34.1 Å². The van der Waals surface area contributed by atoms with Crippen molar-refractivity contribution in [3.05, 3.63) is 70.4 Å². The first-order chi connectivity index (χ1) is 12.0. The number of amides is 1. The molecule has 0 aliphatic rings. The molecule has 1 heterocycles. The lowest BCUT2D eigenvalue weighted by molar-refractivity contribution is 0.0949. The van der Waals surface area contributed by atoms with Gasteiger partial charge in [-0.1, -0.05) is 55.8 Å². The van der Waals surface area contributed by atoms with Crippen molar-refractivity contribution in [3.8, 4) is 0 Å². The van der Waals surface area contributed by atoms with E-state index in [0.29, 0.717) is 16.4 Å². The molecule has 0 saturated heterocycles. The number of benzene rings is 2. The number of hydrogen-bond acceptors (Lipinski definition) is 2. The van der Waals surface area contributed by atoms with Gasteiger partial charge in [-0.25, -0.2) is 5.43 Å². The molecule has 0 radical (unpaired) electrons. The molecule has 3 aromatic rings. The Balaban J connectivity index is 1.88. The molecule has 0 unspecified atom stereocenters. The smallest absolute Gasteiger partial charge is 0.288 e. The number of nitrogens with one attached hydrogen (secondary N) is 2. The summed E-state index contributed by atoms with van der Waals surface area (Å²) in [5.74, 6) is -0.0218. The normalized spacial score (nSPS) is 12.0. The van der Waals surface area contributed by atoms with Gasteiger partial charge < -0.3 is 4.98 Å². The summed E-state index contributed by atoms with van der Waals surface area (Å²) in [5.41, 5.74) is 6.80. The van der Waals surface area contributed by atoms with Crippen molar-refractivity contribution in [1.29, 1.82) is 0 Å². The lowest BCUT2D eigenvalue weighted by Crippen LogP contribution is -2.21. The maximum atomic E-state index is 12.7. The Morgan fingerprint density at radius 3 is 2.48 bits per heavy atom. The first-order valence-corrected chi connectivity index (χ1v) is 8.56. The number of carbonyl (C=O) groups is 1. The fourth-order valence-electron chi connectivity index (χ4n) is 2.89. The second kappa shape index (κ2) is 7.11.